The zero-order valence-electron chi connectivity index (χ0n) is 5.50. The summed E-state index contributed by atoms with van der Waals surface area (Å²) >= 11 is 5.36. The molecule has 1 rings (SSSR count). The Balaban J connectivity index is 3.58. The highest BCUT2D eigenvalue weighted by Crippen LogP contribution is 1.96. The van der Waals surface area contributed by atoms with E-state index in [9.17, 15) is 9.59 Å². The van der Waals surface area contributed by atoms with Gasteiger partial charge in [0, 0.05) is 12.3 Å². The highest BCUT2D eigenvalue weighted by Gasteiger charge is 1.99. The van der Waals surface area contributed by atoms with Crippen molar-refractivity contribution in [3.8, 4) is 0 Å². The van der Waals surface area contributed by atoms with E-state index in [4.69, 9.17) is 11.6 Å². The SMILES string of the molecule is C=C(Cl)n1c(=O)cc[nH]c1=O. The molecule has 1 heterocycles. The quantitative estimate of drug-likeness (QED) is 0.658. The molecule has 0 aliphatic rings. The summed E-state index contributed by atoms with van der Waals surface area (Å²) in [6.45, 7) is 3.26. The summed E-state index contributed by atoms with van der Waals surface area (Å²) in [4.78, 5) is 24.0. The van der Waals surface area contributed by atoms with Crippen LogP contribution >= 0.6 is 11.6 Å². The Hall–Kier alpha value is -1.29. The molecule has 0 saturated carbocycles. The van der Waals surface area contributed by atoms with Crippen molar-refractivity contribution in [1.82, 2.24) is 9.55 Å². The molecule has 11 heavy (non-hydrogen) atoms. The molecule has 0 aliphatic heterocycles. The number of aromatic nitrogens is 2. The smallest absolute Gasteiger partial charge is 0.314 e. The van der Waals surface area contributed by atoms with Crippen molar-refractivity contribution in [3.63, 3.8) is 0 Å². The molecule has 0 radical (unpaired) electrons. The Labute approximate surface area is 66.7 Å². The number of nitrogens with one attached hydrogen (secondary N) is 1. The molecule has 0 fully saturated rings. The Kier molecular flexibility index (Phi) is 1.96. The van der Waals surface area contributed by atoms with Gasteiger partial charge < -0.3 is 4.98 Å². The average Bonchev–Trinajstić information content (AvgIpc) is 1.85. The maximum Gasteiger partial charge on any atom is 0.333 e. The molecule has 1 aromatic rings. The predicted octanol–water partition coefficient (Wildman–Crippen LogP) is 0.204. The van der Waals surface area contributed by atoms with Crippen molar-refractivity contribution >= 4 is 16.8 Å². The Morgan fingerprint density at radius 3 is 2.64 bits per heavy atom. The van der Waals surface area contributed by atoms with Crippen LogP contribution in [-0.4, -0.2) is 9.55 Å². The monoisotopic (exact) mass is 172 g/mol. The van der Waals surface area contributed by atoms with Crippen LogP contribution in [0.4, 0.5) is 0 Å². The fraction of sp³-hybridized carbons (Fsp3) is 0. The van der Waals surface area contributed by atoms with E-state index < -0.39 is 11.2 Å². The number of rotatable bonds is 1. The van der Waals surface area contributed by atoms with Crippen molar-refractivity contribution in [2.75, 3.05) is 0 Å². The first-order valence-electron chi connectivity index (χ1n) is 2.78. The molecule has 5 heteroatoms. The molecule has 0 unspecified atom stereocenters. The van der Waals surface area contributed by atoms with Gasteiger partial charge in [0.15, 0.2) is 0 Å². The summed E-state index contributed by atoms with van der Waals surface area (Å²) in [7, 11) is 0. The van der Waals surface area contributed by atoms with Crippen LogP contribution in [0.2, 0.25) is 0 Å². The van der Waals surface area contributed by atoms with Gasteiger partial charge in [0.1, 0.15) is 5.16 Å². The van der Waals surface area contributed by atoms with Gasteiger partial charge in [-0.2, -0.15) is 0 Å². The predicted molar refractivity (Wildman–Crippen MR) is 42.5 cm³/mol. The largest absolute Gasteiger partial charge is 0.333 e. The number of aromatic amines is 1. The lowest BCUT2D eigenvalue weighted by Gasteiger charge is -1.96. The van der Waals surface area contributed by atoms with Crippen LogP contribution in [0.5, 0.6) is 0 Å². The topological polar surface area (TPSA) is 54.9 Å². The molecule has 0 spiro atoms. The third-order valence-electron chi connectivity index (χ3n) is 1.10. The normalized spacial score (nSPS) is 9.55. The molecule has 4 nitrogen and oxygen atoms in total. The van der Waals surface area contributed by atoms with Crippen LogP contribution in [0.1, 0.15) is 0 Å². The molecule has 58 valence electrons. The van der Waals surface area contributed by atoms with Gasteiger partial charge in [-0.1, -0.05) is 18.2 Å². The lowest BCUT2D eigenvalue weighted by molar-refractivity contribution is 0.913. The van der Waals surface area contributed by atoms with Crippen LogP contribution in [0, 0.1) is 0 Å². The van der Waals surface area contributed by atoms with Crippen LogP contribution in [-0.2, 0) is 0 Å². The fourth-order valence-electron chi connectivity index (χ4n) is 0.653. The first kappa shape index (κ1) is 7.81. The van der Waals surface area contributed by atoms with Crippen molar-refractivity contribution in [2.24, 2.45) is 0 Å². The van der Waals surface area contributed by atoms with Crippen LogP contribution in [0.3, 0.4) is 0 Å². The first-order chi connectivity index (χ1) is 5.13. The van der Waals surface area contributed by atoms with Gasteiger partial charge in [-0.25, -0.2) is 9.36 Å². The second-order valence-corrected chi connectivity index (χ2v) is 2.27. The highest BCUT2D eigenvalue weighted by molar-refractivity contribution is 6.44. The summed E-state index contributed by atoms with van der Waals surface area (Å²) in [5, 5.41) is -0.114. The van der Waals surface area contributed by atoms with E-state index in [-0.39, 0.29) is 5.16 Å². The van der Waals surface area contributed by atoms with E-state index in [1.807, 2.05) is 0 Å². The first-order valence-corrected chi connectivity index (χ1v) is 3.16. The van der Waals surface area contributed by atoms with E-state index in [1.54, 1.807) is 0 Å². The Morgan fingerprint density at radius 1 is 1.64 bits per heavy atom. The number of hydrogen-bond donors (Lipinski definition) is 1. The number of hydrogen-bond acceptors (Lipinski definition) is 2. The lowest BCUT2D eigenvalue weighted by Crippen LogP contribution is -2.31. The van der Waals surface area contributed by atoms with Gasteiger partial charge >= 0.3 is 5.69 Å². The van der Waals surface area contributed by atoms with Gasteiger partial charge in [0.05, 0.1) is 0 Å². The standard InChI is InChI=1S/C6H5ClN2O2/c1-4(7)9-5(10)2-3-8-6(9)11/h2-3H,1H2,(H,8,11). The highest BCUT2D eigenvalue weighted by atomic mass is 35.5. The minimum atomic E-state index is -0.586. The van der Waals surface area contributed by atoms with E-state index in [0.717, 1.165) is 4.57 Å². The number of nitrogens with zero attached hydrogens (tertiary/aromatic N) is 1. The average molecular weight is 173 g/mol. The molecule has 0 amide bonds. The molecule has 0 atom stereocenters. The minimum Gasteiger partial charge on any atom is -0.314 e. The van der Waals surface area contributed by atoms with Crippen molar-refractivity contribution in [1.29, 1.82) is 0 Å². The number of H-pyrrole nitrogens is 1. The van der Waals surface area contributed by atoms with E-state index in [0.29, 0.717) is 0 Å². The second-order valence-electron chi connectivity index (χ2n) is 1.83. The Morgan fingerprint density at radius 2 is 2.27 bits per heavy atom. The summed E-state index contributed by atoms with van der Waals surface area (Å²) in [5.74, 6) is 0. The molecule has 0 aliphatic carbocycles. The van der Waals surface area contributed by atoms with Gasteiger partial charge in [-0.15, -0.1) is 0 Å². The van der Waals surface area contributed by atoms with Crippen molar-refractivity contribution in [3.05, 3.63) is 39.7 Å². The molecule has 1 N–H and O–H groups in total. The van der Waals surface area contributed by atoms with Crippen molar-refractivity contribution in [2.45, 2.75) is 0 Å². The summed E-state index contributed by atoms with van der Waals surface area (Å²) in [5.41, 5.74) is -1.08. The van der Waals surface area contributed by atoms with E-state index in [1.165, 1.54) is 12.3 Å². The van der Waals surface area contributed by atoms with Crippen LogP contribution < -0.4 is 11.2 Å². The van der Waals surface area contributed by atoms with Gasteiger partial charge in [0.2, 0.25) is 0 Å². The van der Waals surface area contributed by atoms with Gasteiger partial charge in [0.25, 0.3) is 5.56 Å². The van der Waals surface area contributed by atoms with E-state index in [2.05, 4.69) is 11.6 Å². The Bertz CT molecular complexity index is 362. The van der Waals surface area contributed by atoms with Gasteiger partial charge in [-0.05, 0) is 0 Å². The van der Waals surface area contributed by atoms with E-state index >= 15 is 0 Å². The zero-order chi connectivity index (χ0) is 8.43. The van der Waals surface area contributed by atoms with Gasteiger partial charge in [-0.3, -0.25) is 4.79 Å². The lowest BCUT2D eigenvalue weighted by atomic mass is 10.6. The third kappa shape index (κ3) is 1.40. The van der Waals surface area contributed by atoms with Crippen LogP contribution in [0.15, 0.2) is 28.4 Å². The molecular weight excluding hydrogens is 168 g/mol. The van der Waals surface area contributed by atoms with Crippen LogP contribution in [0.25, 0.3) is 5.16 Å². The molecule has 0 bridgehead atoms. The number of halogens is 1. The molecule has 1 aromatic heterocycles. The zero-order valence-corrected chi connectivity index (χ0v) is 6.26. The van der Waals surface area contributed by atoms with Crippen molar-refractivity contribution < 1.29 is 0 Å². The maximum atomic E-state index is 10.9. The summed E-state index contributed by atoms with van der Waals surface area (Å²) < 4.78 is 0.738. The molecule has 0 saturated heterocycles. The fourth-order valence-corrected chi connectivity index (χ4v) is 0.813. The molecule has 0 aromatic carbocycles. The maximum absolute atomic E-state index is 10.9. The third-order valence-corrected chi connectivity index (χ3v) is 1.27. The second kappa shape index (κ2) is 2.75. The summed E-state index contributed by atoms with van der Waals surface area (Å²) in [6, 6.07) is 1.19. The minimum absolute atomic E-state index is 0.114. The summed E-state index contributed by atoms with van der Waals surface area (Å²) in [6.07, 6.45) is 1.25. The molecular formula is C6H5ClN2O2.